The molecule has 2 atom stereocenters. The second kappa shape index (κ2) is 5.49. The third kappa shape index (κ3) is 2.77. The summed E-state index contributed by atoms with van der Waals surface area (Å²) < 4.78 is 5.27. The van der Waals surface area contributed by atoms with E-state index in [1.807, 2.05) is 0 Å². The molecule has 1 fully saturated rings. The lowest BCUT2D eigenvalue weighted by Crippen LogP contribution is -2.30. The molecule has 2 unspecified atom stereocenters. The lowest BCUT2D eigenvalue weighted by Gasteiger charge is -2.24. The maximum absolute atomic E-state index is 6.08. The van der Waals surface area contributed by atoms with E-state index in [0.29, 0.717) is 17.8 Å². The highest BCUT2D eigenvalue weighted by Crippen LogP contribution is 2.23. The molecule has 5 nitrogen and oxygen atoms in total. The Balaban J connectivity index is 2.04. The molecule has 0 spiro atoms. The van der Waals surface area contributed by atoms with Crippen molar-refractivity contribution in [3.05, 3.63) is 5.89 Å². The molecule has 2 rings (SSSR count). The standard InChI is InChI=1S/C12H22N4O/c1-3-9(2)10(13)11-14-12(15-17-11)16-7-5-4-6-8-16/h9-10H,3-8,13H2,1-2H3. The van der Waals surface area contributed by atoms with Crippen molar-refractivity contribution in [1.82, 2.24) is 10.1 Å². The quantitative estimate of drug-likeness (QED) is 0.870. The number of hydrogen-bond donors (Lipinski definition) is 1. The average molecular weight is 238 g/mol. The molecule has 0 aliphatic carbocycles. The predicted molar refractivity (Wildman–Crippen MR) is 66.7 cm³/mol. The van der Waals surface area contributed by atoms with Crippen molar-refractivity contribution < 1.29 is 4.52 Å². The molecule has 2 N–H and O–H groups in total. The minimum atomic E-state index is -0.147. The molecule has 1 aromatic heterocycles. The first-order valence-corrected chi connectivity index (χ1v) is 6.56. The highest BCUT2D eigenvalue weighted by atomic mass is 16.5. The van der Waals surface area contributed by atoms with E-state index in [-0.39, 0.29) is 6.04 Å². The van der Waals surface area contributed by atoms with Crippen LogP contribution in [0.25, 0.3) is 0 Å². The zero-order chi connectivity index (χ0) is 12.3. The van der Waals surface area contributed by atoms with Gasteiger partial charge in [0.2, 0.25) is 5.89 Å². The summed E-state index contributed by atoms with van der Waals surface area (Å²) in [5.41, 5.74) is 6.08. The van der Waals surface area contributed by atoms with Crippen LogP contribution in [0, 0.1) is 5.92 Å². The van der Waals surface area contributed by atoms with Gasteiger partial charge in [0.1, 0.15) is 0 Å². The molecule has 5 heteroatoms. The number of aromatic nitrogens is 2. The first-order chi connectivity index (χ1) is 8.22. The van der Waals surface area contributed by atoms with Gasteiger partial charge in [-0.1, -0.05) is 20.3 Å². The van der Waals surface area contributed by atoms with Gasteiger partial charge in [0.05, 0.1) is 6.04 Å². The monoisotopic (exact) mass is 238 g/mol. The fourth-order valence-electron chi connectivity index (χ4n) is 2.08. The Morgan fingerprint density at radius 2 is 2.06 bits per heavy atom. The van der Waals surface area contributed by atoms with Crippen molar-refractivity contribution in [2.45, 2.75) is 45.6 Å². The van der Waals surface area contributed by atoms with Crippen LogP contribution in [0.3, 0.4) is 0 Å². The zero-order valence-electron chi connectivity index (χ0n) is 10.7. The summed E-state index contributed by atoms with van der Waals surface area (Å²) in [6.07, 6.45) is 4.73. The number of nitrogens with zero attached hydrogens (tertiary/aromatic N) is 3. The van der Waals surface area contributed by atoms with Gasteiger partial charge < -0.3 is 15.2 Å². The van der Waals surface area contributed by atoms with E-state index in [4.69, 9.17) is 10.3 Å². The Morgan fingerprint density at radius 1 is 1.35 bits per heavy atom. The Hall–Kier alpha value is -1.10. The average Bonchev–Trinajstić information content (AvgIpc) is 2.87. The van der Waals surface area contributed by atoms with E-state index in [9.17, 15) is 0 Å². The summed E-state index contributed by atoms with van der Waals surface area (Å²) >= 11 is 0. The molecule has 0 aromatic carbocycles. The fourth-order valence-corrected chi connectivity index (χ4v) is 2.08. The molecule has 2 heterocycles. The molecule has 0 bridgehead atoms. The van der Waals surface area contributed by atoms with Crippen LogP contribution in [0.15, 0.2) is 4.52 Å². The zero-order valence-corrected chi connectivity index (χ0v) is 10.7. The van der Waals surface area contributed by atoms with Gasteiger partial charge in [-0.3, -0.25) is 0 Å². The number of piperidine rings is 1. The van der Waals surface area contributed by atoms with Crippen LogP contribution in [0.4, 0.5) is 5.95 Å². The predicted octanol–water partition coefficient (Wildman–Crippen LogP) is 2.11. The molecule has 1 aliphatic rings. The second-order valence-corrected chi connectivity index (χ2v) is 4.89. The molecule has 0 radical (unpaired) electrons. The smallest absolute Gasteiger partial charge is 0.266 e. The van der Waals surface area contributed by atoms with Crippen LogP contribution in [0.5, 0.6) is 0 Å². The summed E-state index contributed by atoms with van der Waals surface area (Å²) in [6.45, 7) is 6.27. The van der Waals surface area contributed by atoms with Crippen LogP contribution in [-0.2, 0) is 0 Å². The molecule has 1 saturated heterocycles. The Morgan fingerprint density at radius 3 is 2.71 bits per heavy atom. The third-order valence-corrected chi connectivity index (χ3v) is 3.61. The van der Waals surface area contributed by atoms with Crippen LogP contribution in [0.1, 0.15) is 51.5 Å². The molecule has 1 aromatic rings. The van der Waals surface area contributed by atoms with E-state index in [1.54, 1.807) is 0 Å². The number of anilines is 1. The molecule has 0 amide bonds. The third-order valence-electron chi connectivity index (χ3n) is 3.61. The van der Waals surface area contributed by atoms with E-state index in [1.165, 1.54) is 19.3 Å². The second-order valence-electron chi connectivity index (χ2n) is 4.89. The topological polar surface area (TPSA) is 68.2 Å². The summed E-state index contributed by atoms with van der Waals surface area (Å²) in [7, 11) is 0. The minimum absolute atomic E-state index is 0.147. The number of rotatable bonds is 4. The molecule has 96 valence electrons. The van der Waals surface area contributed by atoms with E-state index in [2.05, 4.69) is 28.9 Å². The van der Waals surface area contributed by atoms with E-state index < -0.39 is 0 Å². The summed E-state index contributed by atoms with van der Waals surface area (Å²) in [5.74, 6) is 1.64. The van der Waals surface area contributed by atoms with E-state index >= 15 is 0 Å². The highest BCUT2D eigenvalue weighted by Gasteiger charge is 2.22. The lowest BCUT2D eigenvalue weighted by atomic mass is 10.0. The van der Waals surface area contributed by atoms with Crippen molar-refractivity contribution in [3.63, 3.8) is 0 Å². The van der Waals surface area contributed by atoms with Crippen LogP contribution >= 0.6 is 0 Å². The normalized spacial score (nSPS) is 20.3. The fraction of sp³-hybridized carbons (Fsp3) is 0.833. The first-order valence-electron chi connectivity index (χ1n) is 6.56. The maximum atomic E-state index is 6.08. The largest absolute Gasteiger partial charge is 0.338 e. The van der Waals surface area contributed by atoms with Crippen molar-refractivity contribution in [2.24, 2.45) is 11.7 Å². The van der Waals surface area contributed by atoms with Crippen molar-refractivity contribution in [3.8, 4) is 0 Å². The van der Waals surface area contributed by atoms with Gasteiger partial charge in [-0.25, -0.2) is 0 Å². The molecular weight excluding hydrogens is 216 g/mol. The van der Waals surface area contributed by atoms with Crippen LogP contribution < -0.4 is 10.6 Å². The SMILES string of the molecule is CCC(C)C(N)c1nc(N2CCCCC2)no1. The van der Waals surface area contributed by atoms with Gasteiger partial charge >= 0.3 is 0 Å². The summed E-state index contributed by atoms with van der Waals surface area (Å²) in [6, 6.07) is -0.147. The van der Waals surface area contributed by atoms with Gasteiger partial charge in [0.15, 0.2) is 0 Å². The van der Waals surface area contributed by atoms with E-state index in [0.717, 1.165) is 19.5 Å². The number of nitrogens with two attached hydrogens (primary N) is 1. The van der Waals surface area contributed by atoms with Gasteiger partial charge in [-0.15, -0.1) is 0 Å². The van der Waals surface area contributed by atoms with Gasteiger partial charge in [-0.2, -0.15) is 4.98 Å². The molecule has 17 heavy (non-hydrogen) atoms. The van der Waals surface area contributed by atoms with Crippen molar-refractivity contribution >= 4 is 5.95 Å². The Kier molecular flexibility index (Phi) is 3.99. The van der Waals surface area contributed by atoms with Crippen molar-refractivity contribution in [1.29, 1.82) is 0 Å². The minimum Gasteiger partial charge on any atom is -0.338 e. The Labute approximate surface area is 102 Å². The lowest BCUT2D eigenvalue weighted by molar-refractivity contribution is 0.312. The van der Waals surface area contributed by atoms with Crippen LogP contribution in [-0.4, -0.2) is 23.2 Å². The Bertz CT molecular complexity index is 330. The molecule has 1 aliphatic heterocycles. The molecule has 0 saturated carbocycles. The summed E-state index contributed by atoms with van der Waals surface area (Å²) in [4.78, 5) is 6.61. The van der Waals surface area contributed by atoms with Crippen molar-refractivity contribution in [2.75, 3.05) is 18.0 Å². The maximum Gasteiger partial charge on any atom is 0.266 e. The van der Waals surface area contributed by atoms with Gasteiger partial charge in [0, 0.05) is 13.1 Å². The summed E-state index contributed by atoms with van der Waals surface area (Å²) in [5, 5.41) is 4.04. The van der Waals surface area contributed by atoms with Gasteiger partial charge in [0.25, 0.3) is 5.95 Å². The highest BCUT2D eigenvalue weighted by molar-refractivity contribution is 5.28. The van der Waals surface area contributed by atoms with Gasteiger partial charge in [-0.05, 0) is 30.3 Å². The molecular formula is C12H22N4O. The van der Waals surface area contributed by atoms with Crippen LogP contribution in [0.2, 0.25) is 0 Å². The number of hydrogen-bond acceptors (Lipinski definition) is 5. The first kappa shape index (κ1) is 12.4.